The van der Waals surface area contributed by atoms with Crippen molar-refractivity contribution in [1.82, 2.24) is 0 Å². The summed E-state index contributed by atoms with van der Waals surface area (Å²) in [5, 5.41) is 3.60. The average molecular weight is 551 g/mol. The normalized spacial score (nSPS) is 12.6. The van der Waals surface area contributed by atoms with Crippen molar-refractivity contribution in [2.45, 2.75) is 6.16 Å². The summed E-state index contributed by atoms with van der Waals surface area (Å²) in [5.74, 6) is -3.21. The van der Waals surface area contributed by atoms with Gasteiger partial charge in [-0.25, -0.2) is 0 Å². The quantitative estimate of drug-likeness (QED) is 0.175. The molecule has 0 atom stereocenters. The molecule has 4 rings (SSSR count). The zero-order chi connectivity index (χ0) is 22.2. The molecule has 163 valence electrons. The van der Waals surface area contributed by atoms with Crippen molar-refractivity contribution in [3.8, 4) is 0 Å². The fourth-order valence-corrected chi connectivity index (χ4v) is 10.0. The van der Waals surface area contributed by atoms with Crippen molar-refractivity contribution in [3.63, 3.8) is 0 Å². The van der Waals surface area contributed by atoms with Gasteiger partial charge in [0.2, 0.25) is 0 Å². The monoisotopic (exact) mass is 549 g/mol. The molecule has 0 bridgehead atoms. The number of halogens is 4. The molecule has 0 nitrogen and oxygen atoms in total. The molecule has 0 unspecified atom stereocenters. The van der Waals surface area contributed by atoms with Crippen LogP contribution in [0.2, 0.25) is 0 Å². The van der Waals surface area contributed by atoms with Gasteiger partial charge in [-0.1, -0.05) is 0 Å². The van der Waals surface area contributed by atoms with Crippen LogP contribution in [0.1, 0.15) is 5.56 Å². The van der Waals surface area contributed by atoms with E-state index in [4.69, 9.17) is 41.5 Å². The molecule has 0 aliphatic heterocycles. The van der Waals surface area contributed by atoms with Gasteiger partial charge in [-0.2, -0.15) is 0 Å². The van der Waals surface area contributed by atoms with Crippen molar-refractivity contribution in [1.29, 1.82) is 0 Å². The molecule has 0 spiro atoms. The van der Waals surface area contributed by atoms with Crippen LogP contribution in [0.25, 0.3) is 0 Å². The van der Waals surface area contributed by atoms with Crippen LogP contribution in [0.15, 0.2) is 121 Å². The second-order valence-electron chi connectivity index (χ2n) is 6.98. The maximum atomic E-state index is 8.04. The third kappa shape index (κ3) is 5.68. The first-order valence-corrected chi connectivity index (χ1v) is 17.4. The van der Waals surface area contributed by atoms with Crippen LogP contribution < -0.4 is 15.9 Å². The Balaban J connectivity index is 0.000000628. The van der Waals surface area contributed by atoms with Gasteiger partial charge >= 0.3 is 208 Å². The van der Waals surface area contributed by atoms with Gasteiger partial charge in [-0.3, -0.25) is 0 Å². The molecule has 0 aromatic heterocycles. The van der Waals surface area contributed by atoms with Crippen LogP contribution in [0, 0.1) is 0 Å². The Hall–Kier alpha value is -1.01. The zero-order valence-electron chi connectivity index (χ0n) is 16.6. The van der Waals surface area contributed by atoms with Crippen LogP contribution in [-0.4, -0.2) is 0 Å². The van der Waals surface area contributed by atoms with Gasteiger partial charge in [-0.15, -0.1) is 0 Å². The molecule has 4 aromatic rings. The summed E-state index contributed by atoms with van der Waals surface area (Å²) in [4.78, 5) is 0. The van der Waals surface area contributed by atoms with Gasteiger partial charge in [0, 0.05) is 0 Å². The Labute approximate surface area is 206 Å². The summed E-state index contributed by atoms with van der Waals surface area (Å²) in [6.07, 6.45) is 0.784. The van der Waals surface area contributed by atoms with E-state index in [1.165, 1.54) is 21.5 Å². The number of hydrogen-bond acceptors (Lipinski definition) is 0. The fraction of sp³-hybridized carbons (Fsp3) is 0.0400. The molecule has 0 aliphatic carbocycles. The number of hydrogen-bond donors (Lipinski definition) is 0. The second-order valence-corrected chi connectivity index (χ2v) is 18.9. The van der Waals surface area contributed by atoms with Crippen LogP contribution in [0.3, 0.4) is 0 Å². The predicted molar refractivity (Wildman–Crippen MR) is 139 cm³/mol. The van der Waals surface area contributed by atoms with Crippen molar-refractivity contribution < 1.29 is 11.2 Å². The molecule has 0 aliphatic rings. The molecule has 0 saturated carbocycles. The van der Waals surface area contributed by atoms with Crippen LogP contribution in [0.4, 0.5) is 0 Å². The standard InChI is InChI=1S/C25H22ClP.3ClH.Fe/c26-27(23-15-7-2-8-16-23,24-17-9-3-10-18-24,25-19-11-4-12-20-25)21-22-13-5-1-6-14-22;;;;/h1-20H,21H2;3*1H;/q;;;;+3/p-3. The third-order valence-corrected chi connectivity index (χ3v) is 12.4. The van der Waals surface area contributed by atoms with Gasteiger partial charge in [0.15, 0.2) is 0 Å². The SMILES string of the molecule is ClP(Cc1ccccc1)(c1ccccc1)(c1ccccc1)c1ccccc1.[Cl][Fe]([Cl])[Cl]. The molecule has 0 heterocycles. The molecule has 4 aromatic carbocycles. The Kier molecular flexibility index (Phi) is 8.91. The summed E-state index contributed by atoms with van der Waals surface area (Å²) >= 11 is 6.71. The minimum absolute atomic E-state index is 0.784. The minimum atomic E-state index is -3.21. The molecule has 6 heteroatoms. The van der Waals surface area contributed by atoms with Crippen LogP contribution >= 0.6 is 47.5 Å². The van der Waals surface area contributed by atoms with Crippen LogP contribution in [0.5, 0.6) is 0 Å². The molecule has 0 fully saturated rings. The molecular formula is C25H22Cl4FeP. The van der Waals surface area contributed by atoms with E-state index in [2.05, 4.69) is 121 Å². The van der Waals surface area contributed by atoms with Gasteiger partial charge in [0.25, 0.3) is 0 Å². The van der Waals surface area contributed by atoms with E-state index in [0.29, 0.717) is 0 Å². The van der Waals surface area contributed by atoms with E-state index in [1.807, 2.05) is 0 Å². The summed E-state index contributed by atoms with van der Waals surface area (Å²) in [6.45, 7) is 0. The summed E-state index contributed by atoms with van der Waals surface area (Å²) < 4.78 is 0. The molecule has 0 radical (unpaired) electrons. The van der Waals surface area contributed by atoms with Crippen molar-refractivity contribution in [2.75, 3.05) is 0 Å². The van der Waals surface area contributed by atoms with E-state index in [-0.39, 0.29) is 0 Å². The van der Waals surface area contributed by atoms with Gasteiger partial charge < -0.3 is 0 Å². The first-order valence-electron chi connectivity index (χ1n) is 9.55. The molecule has 0 saturated heterocycles. The van der Waals surface area contributed by atoms with E-state index >= 15 is 0 Å². The van der Waals surface area contributed by atoms with Crippen molar-refractivity contribution >= 4 is 63.4 Å². The van der Waals surface area contributed by atoms with Crippen molar-refractivity contribution in [2.24, 2.45) is 0 Å². The summed E-state index contributed by atoms with van der Waals surface area (Å²) in [6, 6.07) is 42.5. The molecule has 31 heavy (non-hydrogen) atoms. The van der Waals surface area contributed by atoms with E-state index in [9.17, 15) is 0 Å². The first-order chi connectivity index (χ1) is 14.9. The van der Waals surface area contributed by atoms with Crippen LogP contribution in [-0.2, 0) is 17.3 Å². The fourth-order valence-electron chi connectivity index (χ4n) is 3.86. The third-order valence-electron chi connectivity index (χ3n) is 5.21. The Morgan fingerprint density at radius 3 is 1.03 bits per heavy atom. The number of rotatable bonds is 5. The predicted octanol–water partition coefficient (Wildman–Crippen LogP) is 7.94. The maximum absolute atomic E-state index is 8.04. The van der Waals surface area contributed by atoms with Gasteiger partial charge in [-0.05, 0) is 0 Å². The zero-order valence-corrected chi connectivity index (χ0v) is 21.6. The Morgan fingerprint density at radius 1 is 0.484 bits per heavy atom. The summed E-state index contributed by atoms with van der Waals surface area (Å²) in [7, 11) is 14.7. The van der Waals surface area contributed by atoms with Crippen molar-refractivity contribution in [3.05, 3.63) is 127 Å². The summed E-state index contributed by atoms with van der Waals surface area (Å²) in [5.41, 5.74) is 1.25. The first kappa shape index (κ1) is 24.6. The van der Waals surface area contributed by atoms with Gasteiger partial charge in [0.05, 0.1) is 0 Å². The van der Waals surface area contributed by atoms with E-state index in [0.717, 1.165) is 6.16 Å². The molecular weight excluding hydrogens is 529 g/mol. The molecule has 0 amide bonds. The second kappa shape index (κ2) is 11.2. The molecule has 0 N–H and O–H groups in total. The van der Waals surface area contributed by atoms with E-state index < -0.39 is 17.1 Å². The van der Waals surface area contributed by atoms with E-state index in [1.54, 1.807) is 0 Å². The Morgan fingerprint density at radius 2 is 0.742 bits per heavy atom. The Bertz CT molecular complexity index is 960. The average Bonchev–Trinajstić information content (AvgIpc) is 2.81. The van der Waals surface area contributed by atoms with Gasteiger partial charge in [0.1, 0.15) is 0 Å². The topological polar surface area (TPSA) is 0 Å². The number of benzene rings is 4.